The SMILES string of the molecule is [2H]C([2H])([2H])C([2H])([2H])S(=O)c1ccccc1Nc1nc(Nc2cc(NC(=O)C=C)c(N(C)CCN(C)C)cc2OC)ncc1Cl. The average Bonchev–Trinajstić information content (AvgIpc) is 2.96. The third-order valence-corrected chi connectivity index (χ3v) is 6.70. The van der Waals surface area contributed by atoms with E-state index in [-0.39, 0.29) is 27.4 Å². The molecule has 12 heteroatoms. The van der Waals surface area contributed by atoms with Crippen LogP contribution in [-0.4, -0.2) is 72.0 Å². The lowest BCUT2D eigenvalue weighted by atomic mass is 10.2. The van der Waals surface area contributed by atoms with Gasteiger partial charge in [0.25, 0.3) is 0 Å². The highest BCUT2D eigenvalue weighted by atomic mass is 35.5. The number of hydrogen-bond acceptors (Lipinski definition) is 9. The Morgan fingerprint density at radius 1 is 1.21 bits per heavy atom. The molecule has 3 N–H and O–H groups in total. The number of anilines is 6. The molecule has 208 valence electrons. The Kier molecular flexibility index (Phi) is 8.30. The van der Waals surface area contributed by atoms with Crippen LogP contribution >= 0.6 is 11.6 Å². The van der Waals surface area contributed by atoms with Crippen LogP contribution in [-0.2, 0) is 15.6 Å². The van der Waals surface area contributed by atoms with Crippen LogP contribution in [0.4, 0.5) is 34.5 Å². The van der Waals surface area contributed by atoms with Gasteiger partial charge >= 0.3 is 0 Å². The molecule has 1 amide bonds. The Hall–Kier alpha value is -3.67. The number of carbonyl (C=O) groups is 1. The van der Waals surface area contributed by atoms with Gasteiger partial charge < -0.3 is 30.5 Å². The molecule has 0 saturated heterocycles. The zero-order valence-electron chi connectivity index (χ0n) is 27.0. The van der Waals surface area contributed by atoms with Crippen molar-refractivity contribution in [3.8, 4) is 5.75 Å². The summed E-state index contributed by atoms with van der Waals surface area (Å²) in [6, 6.07) is 9.40. The molecule has 3 aromatic rings. The maximum Gasteiger partial charge on any atom is 0.247 e. The molecule has 2 aromatic carbocycles. The number of hydrogen-bond donors (Lipinski definition) is 3. The smallest absolute Gasteiger partial charge is 0.247 e. The second-order valence-corrected chi connectivity index (χ2v) is 10.1. The van der Waals surface area contributed by atoms with Gasteiger partial charge in [-0.25, -0.2) is 4.98 Å². The van der Waals surface area contributed by atoms with Gasteiger partial charge in [0.1, 0.15) is 10.8 Å². The van der Waals surface area contributed by atoms with E-state index < -0.39 is 29.3 Å². The zero-order valence-corrected chi connectivity index (χ0v) is 23.6. The molecule has 3 rings (SSSR count). The van der Waals surface area contributed by atoms with Gasteiger partial charge in [-0.1, -0.05) is 37.2 Å². The fraction of sp³-hybridized carbons (Fsp3) is 0.296. The van der Waals surface area contributed by atoms with Gasteiger partial charge in [-0.05, 0) is 38.4 Å². The molecule has 0 saturated carbocycles. The highest BCUT2D eigenvalue weighted by Gasteiger charge is 2.17. The van der Waals surface area contributed by atoms with Crippen molar-refractivity contribution in [3.63, 3.8) is 0 Å². The molecule has 0 aliphatic rings. The summed E-state index contributed by atoms with van der Waals surface area (Å²) in [5.74, 6) is 0.161. The number of nitrogens with one attached hydrogen (secondary N) is 3. The van der Waals surface area contributed by atoms with E-state index in [1.54, 1.807) is 18.2 Å². The third-order valence-electron chi connectivity index (χ3n) is 5.48. The molecule has 39 heavy (non-hydrogen) atoms. The van der Waals surface area contributed by atoms with Crippen LogP contribution in [0.15, 0.2) is 60.1 Å². The number of nitrogens with zero attached hydrogens (tertiary/aromatic N) is 4. The van der Waals surface area contributed by atoms with Crippen LogP contribution in [0.1, 0.15) is 13.7 Å². The number of ether oxygens (including phenoxy) is 1. The largest absolute Gasteiger partial charge is 0.494 e. The van der Waals surface area contributed by atoms with Gasteiger partial charge in [0.15, 0.2) is 5.82 Å². The summed E-state index contributed by atoms with van der Waals surface area (Å²) >= 11 is 6.36. The number of amides is 1. The number of halogens is 1. The van der Waals surface area contributed by atoms with Gasteiger partial charge in [-0.3, -0.25) is 9.00 Å². The maximum atomic E-state index is 13.1. The molecular formula is C27H34ClN7O3S. The van der Waals surface area contributed by atoms with Crippen molar-refractivity contribution in [1.29, 1.82) is 0 Å². The number of para-hydroxylation sites is 1. The van der Waals surface area contributed by atoms with Crippen molar-refractivity contribution in [2.45, 2.75) is 11.7 Å². The second-order valence-electron chi connectivity index (χ2n) is 8.49. The molecule has 0 aliphatic carbocycles. The van der Waals surface area contributed by atoms with E-state index in [0.29, 0.717) is 29.4 Å². The standard InChI is InChI=1S/C27H34ClN7O3S/c1-7-25(36)30-20-15-21(23(38-6)16-22(20)35(5)14-13-34(3)4)32-27-29-17-18(28)26(33-27)31-19-11-9-10-12-24(19)39(37)8-2/h7,9-12,15-17H,1,8,13-14H2,2-6H3,(H,30,36)(H2,29,31,32,33)/i2D3,8D2. The predicted octanol–water partition coefficient (Wildman–Crippen LogP) is 4.88. The van der Waals surface area contributed by atoms with E-state index in [2.05, 4.69) is 32.5 Å². The highest BCUT2D eigenvalue weighted by molar-refractivity contribution is 7.85. The topological polar surface area (TPSA) is 112 Å². The van der Waals surface area contributed by atoms with Crippen molar-refractivity contribution in [2.24, 2.45) is 0 Å². The van der Waals surface area contributed by atoms with Crippen LogP contribution in [0.2, 0.25) is 5.02 Å². The first-order valence-electron chi connectivity index (χ1n) is 14.2. The summed E-state index contributed by atoms with van der Waals surface area (Å²) in [4.78, 5) is 24.8. The highest BCUT2D eigenvalue weighted by Crippen LogP contribution is 2.38. The summed E-state index contributed by atoms with van der Waals surface area (Å²) in [5, 5.41) is 8.88. The van der Waals surface area contributed by atoms with E-state index in [1.165, 1.54) is 31.5 Å². The molecular weight excluding hydrogens is 538 g/mol. The fourth-order valence-corrected chi connectivity index (χ4v) is 4.22. The Bertz CT molecular complexity index is 1540. The summed E-state index contributed by atoms with van der Waals surface area (Å²) in [6.07, 6.45) is 2.48. The molecule has 0 bridgehead atoms. The third kappa shape index (κ3) is 7.92. The van der Waals surface area contributed by atoms with Gasteiger partial charge in [-0.2, -0.15) is 4.98 Å². The number of methoxy groups -OCH3 is 1. The number of likely N-dealkylation sites (N-methyl/N-ethyl adjacent to an activating group) is 2. The molecule has 0 fully saturated rings. The Morgan fingerprint density at radius 3 is 2.67 bits per heavy atom. The summed E-state index contributed by atoms with van der Waals surface area (Å²) < 4.78 is 57.1. The summed E-state index contributed by atoms with van der Waals surface area (Å²) in [7, 11) is 4.74. The van der Waals surface area contributed by atoms with E-state index in [9.17, 15) is 9.00 Å². The van der Waals surface area contributed by atoms with E-state index in [1.807, 2.05) is 30.9 Å². The monoisotopic (exact) mass is 576 g/mol. The van der Waals surface area contributed by atoms with Crippen LogP contribution in [0.25, 0.3) is 0 Å². The second kappa shape index (κ2) is 13.9. The van der Waals surface area contributed by atoms with Gasteiger partial charge in [0.2, 0.25) is 11.9 Å². The van der Waals surface area contributed by atoms with Crippen LogP contribution in [0.5, 0.6) is 5.75 Å². The van der Waals surface area contributed by atoms with Crippen molar-refractivity contribution in [1.82, 2.24) is 14.9 Å². The minimum absolute atomic E-state index is 0.0707. The van der Waals surface area contributed by atoms with Crippen molar-refractivity contribution < 1.29 is 20.6 Å². The molecule has 0 spiro atoms. The normalized spacial score (nSPS) is 14.2. The molecule has 1 atom stereocenters. The lowest BCUT2D eigenvalue weighted by molar-refractivity contribution is -0.111. The number of carbonyl (C=O) groups excluding carboxylic acids is 1. The van der Waals surface area contributed by atoms with E-state index in [0.717, 1.165) is 12.6 Å². The molecule has 1 aromatic heterocycles. The minimum Gasteiger partial charge on any atom is -0.494 e. The molecule has 10 nitrogen and oxygen atoms in total. The lowest BCUT2D eigenvalue weighted by Gasteiger charge is -2.26. The van der Waals surface area contributed by atoms with E-state index in [4.69, 9.17) is 23.2 Å². The Labute approximate surface area is 243 Å². The molecule has 0 aliphatic heterocycles. The van der Waals surface area contributed by atoms with Crippen LogP contribution in [0, 0.1) is 0 Å². The zero-order chi connectivity index (χ0) is 32.8. The van der Waals surface area contributed by atoms with Crippen molar-refractivity contribution >= 4 is 62.8 Å². The number of benzene rings is 2. The minimum atomic E-state index is -3.13. The Morgan fingerprint density at radius 2 is 1.97 bits per heavy atom. The average molecular weight is 577 g/mol. The first-order valence-corrected chi connectivity index (χ1v) is 13.2. The number of aromatic nitrogens is 2. The fourth-order valence-electron chi connectivity index (χ4n) is 3.46. The molecule has 1 unspecified atom stereocenters. The van der Waals surface area contributed by atoms with Gasteiger partial charge in [0, 0.05) is 38.8 Å². The van der Waals surface area contributed by atoms with Crippen molar-refractivity contribution in [3.05, 3.63) is 60.3 Å². The quantitative estimate of drug-likeness (QED) is 0.245. The van der Waals surface area contributed by atoms with Crippen LogP contribution < -0.4 is 25.6 Å². The summed E-state index contributed by atoms with van der Waals surface area (Å²) in [6.45, 7) is 1.82. The lowest BCUT2D eigenvalue weighted by Crippen LogP contribution is -2.29. The first-order chi connectivity index (χ1) is 20.6. The predicted molar refractivity (Wildman–Crippen MR) is 161 cm³/mol. The summed E-state index contributed by atoms with van der Waals surface area (Å²) in [5.41, 5.74) is -1.29. The molecule has 1 heterocycles. The van der Waals surface area contributed by atoms with Gasteiger partial charge in [-0.15, -0.1) is 0 Å². The maximum absolute atomic E-state index is 13.1. The first kappa shape index (κ1) is 23.2. The van der Waals surface area contributed by atoms with E-state index >= 15 is 0 Å². The number of rotatable bonds is 13. The van der Waals surface area contributed by atoms with Gasteiger partial charge in [0.05, 0.1) is 51.8 Å². The van der Waals surface area contributed by atoms with Crippen molar-refractivity contribution in [2.75, 3.05) is 67.9 Å². The Balaban J connectivity index is 1.99. The molecule has 0 radical (unpaired) electrons. The van der Waals surface area contributed by atoms with Crippen LogP contribution in [0.3, 0.4) is 0 Å².